The summed E-state index contributed by atoms with van der Waals surface area (Å²) in [5.74, 6) is 0.0201. The Morgan fingerprint density at radius 2 is 0.756 bits per heavy atom. The van der Waals surface area contributed by atoms with E-state index in [2.05, 4.69) is 62.5 Å². The molecule has 1 N–H and O–H groups in total. The zero-order valence-electron chi connectivity index (χ0n) is 30.8. The van der Waals surface area contributed by atoms with Crippen LogP contribution in [0.15, 0.2) is 48.6 Å². The van der Waals surface area contributed by atoms with Crippen molar-refractivity contribution in [1.82, 2.24) is 0 Å². The van der Waals surface area contributed by atoms with E-state index in [-0.39, 0.29) is 5.92 Å². The van der Waals surface area contributed by atoms with Crippen LogP contribution in [0.4, 0.5) is 0 Å². The molecule has 0 rings (SSSR count). The van der Waals surface area contributed by atoms with Gasteiger partial charge in [-0.3, -0.25) is 0 Å². The third-order valence-corrected chi connectivity index (χ3v) is 8.62. The molecule has 0 radical (unpaired) electrons. The van der Waals surface area contributed by atoms with Gasteiger partial charge in [-0.1, -0.05) is 140 Å². The first-order valence-corrected chi connectivity index (χ1v) is 19.5. The first-order valence-electron chi connectivity index (χ1n) is 19.5. The number of unbranched alkanes of at least 4 members (excludes halogenated alkanes) is 18. The Hall–Kier alpha value is -1.16. The van der Waals surface area contributed by atoms with E-state index in [1.54, 1.807) is 0 Å². The first-order chi connectivity index (χ1) is 22.0. The summed E-state index contributed by atoms with van der Waals surface area (Å²) in [5.41, 5.74) is -0.779. The van der Waals surface area contributed by atoms with Gasteiger partial charge in [0.05, 0.1) is 18.8 Å². The second-order valence-electron chi connectivity index (χ2n) is 13.7. The molecular formula is C42H78O3. The summed E-state index contributed by atoms with van der Waals surface area (Å²) in [6, 6.07) is 0. The number of allylic oxidation sites excluding steroid dienone is 8. The molecule has 0 saturated heterocycles. The van der Waals surface area contributed by atoms with E-state index >= 15 is 0 Å². The van der Waals surface area contributed by atoms with Gasteiger partial charge in [-0.05, 0) is 90.9 Å². The van der Waals surface area contributed by atoms with Gasteiger partial charge in [0.2, 0.25) is 0 Å². The van der Waals surface area contributed by atoms with E-state index in [4.69, 9.17) is 9.47 Å². The van der Waals surface area contributed by atoms with E-state index < -0.39 is 5.60 Å². The third kappa shape index (κ3) is 35.5. The van der Waals surface area contributed by atoms with Crippen LogP contribution in [-0.4, -0.2) is 37.1 Å². The highest BCUT2D eigenvalue weighted by molar-refractivity contribution is 4.93. The molecule has 3 heteroatoms. The molecule has 0 aromatic heterocycles. The zero-order valence-corrected chi connectivity index (χ0v) is 30.8. The van der Waals surface area contributed by atoms with E-state index in [0.29, 0.717) is 13.2 Å². The van der Waals surface area contributed by atoms with E-state index in [9.17, 15) is 5.11 Å². The number of hydrogen-bond acceptors (Lipinski definition) is 3. The molecule has 0 aliphatic heterocycles. The molecule has 0 heterocycles. The fourth-order valence-electron chi connectivity index (χ4n) is 5.29. The van der Waals surface area contributed by atoms with Gasteiger partial charge in [-0.15, -0.1) is 0 Å². The van der Waals surface area contributed by atoms with Gasteiger partial charge in [0.15, 0.2) is 0 Å². The topological polar surface area (TPSA) is 38.7 Å². The van der Waals surface area contributed by atoms with Crippen LogP contribution >= 0.6 is 0 Å². The molecule has 0 bridgehead atoms. The smallest absolute Gasteiger partial charge is 0.0663 e. The van der Waals surface area contributed by atoms with Crippen LogP contribution in [0.1, 0.15) is 182 Å². The maximum Gasteiger partial charge on any atom is 0.0663 e. The van der Waals surface area contributed by atoms with Crippen LogP contribution in [0, 0.1) is 5.92 Å². The molecule has 0 unspecified atom stereocenters. The van der Waals surface area contributed by atoms with Gasteiger partial charge < -0.3 is 14.6 Å². The Morgan fingerprint density at radius 1 is 0.444 bits per heavy atom. The molecule has 0 atom stereocenters. The quantitative estimate of drug-likeness (QED) is 0.0559. The molecule has 0 fully saturated rings. The van der Waals surface area contributed by atoms with Crippen LogP contribution < -0.4 is 0 Å². The van der Waals surface area contributed by atoms with Crippen LogP contribution in [0.2, 0.25) is 0 Å². The summed E-state index contributed by atoms with van der Waals surface area (Å²) in [4.78, 5) is 0. The van der Waals surface area contributed by atoms with Crippen molar-refractivity contribution in [3.8, 4) is 0 Å². The lowest BCUT2D eigenvalue weighted by molar-refractivity contribution is -0.0659. The molecule has 0 aromatic carbocycles. The fourth-order valence-corrected chi connectivity index (χ4v) is 5.29. The minimum Gasteiger partial charge on any atom is -0.390 e. The molecule has 0 aliphatic carbocycles. The Kier molecular flexibility index (Phi) is 34.8. The van der Waals surface area contributed by atoms with Crippen molar-refractivity contribution >= 4 is 0 Å². The molecule has 0 aromatic rings. The van der Waals surface area contributed by atoms with Gasteiger partial charge in [0.25, 0.3) is 0 Å². The second kappa shape index (κ2) is 35.7. The molecule has 0 saturated carbocycles. The maximum atomic E-state index is 10.6. The highest BCUT2D eigenvalue weighted by atomic mass is 16.5. The third-order valence-electron chi connectivity index (χ3n) is 8.62. The molecule has 0 spiro atoms. The van der Waals surface area contributed by atoms with Crippen molar-refractivity contribution in [3.63, 3.8) is 0 Å². The minimum atomic E-state index is -0.779. The normalized spacial score (nSPS) is 12.8. The Balaban J connectivity index is 3.59. The lowest BCUT2D eigenvalue weighted by Crippen LogP contribution is -2.37. The van der Waals surface area contributed by atoms with Crippen LogP contribution in [0.25, 0.3) is 0 Å². The van der Waals surface area contributed by atoms with Gasteiger partial charge in [0, 0.05) is 19.1 Å². The average molecular weight is 631 g/mol. The zero-order chi connectivity index (χ0) is 32.9. The van der Waals surface area contributed by atoms with Crippen molar-refractivity contribution < 1.29 is 14.6 Å². The van der Waals surface area contributed by atoms with Crippen molar-refractivity contribution in [2.45, 2.75) is 187 Å². The van der Waals surface area contributed by atoms with E-state index in [1.165, 1.54) is 128 Å². The van der Waals surface area contributed by atoms with Gasteiger partial charge in [0.1, 0.15) is 0 Å². The standard InChI is InChI=1S/C42H78O3/c1-5-7-9-11-13-15-17-19-21-23-25-27-29-31-33-35-37-44-39-41(42(3,4)43)40-45-38-36-34-32-30-28-26-24-22-20-18-16-14-12-10-8-6-2/h13-16,19-22,41,43H,5-12,17-18,23-40H2,1-4H3/b15-13-,16-14-,21-19-,22-20-. The predicted octanol–water partition coefficient (Wildman–Crippen LogP) is 13.0. The lowest BCUT2D eigenvalue weighted by atomic mass is 9.92. The summed E-state index contributed by atoms with van der Waals surface area (Å²) in [6.07, 6.45) is 48.8. The highest BCUT2D eigenvalue weighted by Crippen LogP contribution is 2.18. The maximum absolute atomic E-state index is 10.6. The van der Waals surface area contributed by atoms with Gasteiger partial charge in [-0.25, -0.2) is 0 Å². The Labute approximate surface area is 282 Å². The summed E-state index contributed by atoms with van der Waals surface area (Å²) in [5, 5.41) is 10.6. The van der Waals surface area contributed by atoms with Gasteiger partial charge in [-0.2, -0.15) is 0 Å². The molecule has 0 aliphatic rings. The lowest BCUT2D eigenvalue weighted by Gasteiger charge is -2.29. The Bertz CT molecular complexity index is 633. The van der Waals surface area contributed by atoms with Crippen molar-refractivity contribution in [2.75, 3.05) is 26.4 Å². The average Bonchev–Trinajstić information content (AvgIpc) is 3.02. The Morgan fingerprint density at radius 3 is 1.09 bits per heavy atom. The summed E-state index contributed by atoms with van der Waals surface area (Å²) in [6.45, 7) is 11.0. The highest BCUT2D eigenvalue weighted by Gasteiger charge is 2.27. The largest absolute Gasteiger partial charge is 0.390 e. The summed E-state index contributed by atoms with van der Waals surface area (Å²) < 4.78 is 11.9. The van der Waals surface area contributed by atoms with Crippen molar-refractivity contribution in [2.24, 2.45) is 5.92 Å². The number of rotatable bonds is 35. The SMILES string of the molecule is CCCCC/C=C\C/C=C\CCCCCCCCOCC(COCCCCCCCC/C=C\C/C=C\CCCCC)C(C)(C)O. The summed E-state index contributed by atoms with van der Waals surface area (Å²) >= 11 is 0. The minimum absolute atomic E-state index is 0.0201. The van der Waals surface area contributed by atoms with Crippen LogP contribution in [0.5, 0.6) is 0 Å². The fraction of sp³-hybridized carbons (Fsp3) is 0.810. The first kappa shape index (κ1) is 43.8. The van der Waals surface area contributed by atoms with Crippen molar-refractivity contribution in [1.29, 1.82) is 0 Å². The molecular weight excluding hydrogens is 552 g/mol. The molecule has 3 nitrogen and oxygen atoms in total. The number of ether oxygens (including phenoxy) is 2. The van der Waals surface area contributed by atoms with Gasteiger partial charge >= 0.3 is 0 Å². The van der Waals surface area contributed by atoms with E-state index in [1.807, 2.05) is 13.8 Å². The monoisotopic (exact) mass is 631 g/mol. The number of aliphatic hydroxyl groups is 1. The molecule has 0 amide bonds. The van der Waals surface area contributed by atoms with Crippen LogP contribution in [-0.2, 0) is 9.47 Å². The predicted molar refractivity (Wildman–Crippen MR) is 200 cm³/mol. The molecule has 264 valence electrons. The number of hydrogen-bond donors (Lipinski definition) is 1. The van der Waals surface area contributed by atoms with E-state index in [0.717, 1.165) is 38.9 Å². The molecule has 45 heavy (non-hydrogen) atoms. The second-order valence-corrected chi connectivity index (χ2v) is 13.7. The van der Waals surface area contributed by atoms with Crippen molar-refractivity contribution in [3.05, 3.63) is 48.6 Å². The van der Waals surface area contributed by atoms with Crippen LogP contribution in [0.3, 0.4) is 0 Å². The summed E-state index contributed by atoms with van der Waals surface area (Å²) in [7, 11) is 0.